The minimum Gasteiger partial charge on any atom is -0.423 e. The van der Waals surface area contributed by atoms with E-state index in [2.05, 4.69) is 21.7 Å². The predicted octanol–water partition coefficient (Wildman–Crippen LogP) is 4.64. The topological polar surface area (TPSA) is 62.6 Å². The monoisotopic (exact) mass is 458 g/mol. The van der Waals surface area contributed by atoms with E-state index in [4.69, 9.17) is 16.0 Å². The number of nitrogens with one attached hydrogen (secondary N) is 1. The highest BCUT2D eigenvalue weighted by molar-refractivity contribution is 7.09. The lowest BCUT2D eigenvalue weighted by Crippen LogP contribution is -2.40. The molecule has 4 rings (SSSR count). The second-order valence-corrected chi connectivity index (χ2v) is 9.49. The predicted molar refractivity (Wildman–Crippen MR) is 126 cm³/mol. The first-order valence-corrected chi connectivity index (χ1v) is 12.1. The molecule has 0 aliphatic carbocycles. The lowest BCUT2D eigenvalue weighted by molar-refractivity contribution is -0.126. The van der Waals surface area contributed by atoms with Crippen LogP contribution < -0.4 is 10.9 Å². The third kappa shape index (κ3) is 5.37. The first-order valence-electron chi connectivity index (χ1n) is 10.8. The summed E-state index contributed by atoms with van der Waals surface area (Å²) in [4.78, 5) is 28.2. The molecule has 1 aromatic carbocycles. The zero-order valence-corrected chi connectivity index (χ0v) is 19.2. The van der Waals surface area contributed by atoms with Gasteiger partial charge in [-0.05, 0) is 73.5 Å². The van der Waals surface area contributed by atoms with Crippen LogP contribution in [-0.2, 0) is 24.2 Å². The van der Waals surface area contributed by atoms with Crippen LogP contribution in [0.4, 0.5) is 0 Å². The highest BCUT2D eigenvalue weighted by atomic mass is 35.5. The molecule has 3 heterocycles. The van der Waals surface area contributed by atoms with Crippen LogP contribution in [0.5, 0.6) is 0 Å². The number of piperidine rings is 1. The van der Waals surface area contributed by atoms with E-state index in [-0.39, 0.29) is 17.5 Å². The van der Waals surface area contributed by atoms with Gasteiger partial charge in [0.05, 0.1) is 0 Å². The Hall–Kier alpha value is -2.15. The Morgan fingerprint density at radius 1 is 1.26 bits per heavy atom. The Balaban J connectivity index is 1.35. The van der Waals surface area contributed by atoms with Crippen molar-refractivity contribution in [1.29, 1.82) is 0 Å². The van der Waals surface area contributed by atoms with E-state index in [1.165, 1.54) is 4.88 Å². The zero-order valence-electron chi connectivity index (χ0n) is 17.7. The number of carbonyl (C=O) groups excluding carboxylic acids is 1. The number of likely N-dealkylation sites (tertiary alicyclic amines) is 1. The summed E-state index contributed by atoms with van der Waals surface area (Å²) in [5.74, 6) is 0.208. The Morgan fingerprint density at radius 2 is 2.06 bits per heavy atom. The van der Waals surface area contributed by atoms with Gasteiger partial charge in [0, 0.05) is 40.4 Å². The Morgan fingerprint density at radius 3 is 2.77 bits per heavy atom. The molecule has 1 saturated heterocycles. The number of thiophene rings is 1. The molecule has 1 aliphatic rings. The van der Waals surface area contributed by atoms with Crippen molar-refractivity contribution in [1.82, 2.24) is 10.2 Å². The van der Waals surface area contributed by atoms with Crippen molar-refractivity contribution in [3.8, 4) is 0 Å². The van der Waals surface area contributed by atoms with Crippen molar-refractivity contribution in [2.24, 2.45) is 5.92 Å². The molecule has 5 nitrogen and oxygen atoms in total. The van der Waals surface area contributed by atoms with Crippen molar-refractivity contribution < 1.29 is 9.21 Å². The minimum absolute atomic E-state index is 0.0544. The lowest BCUT2D eigenvalue weighted by Gasteiger charge is -2.31. The van der Waals surface area contributed by atoms with Gasteiger partial charge in [-0.15, -0.1) is 11.3 Å². The normalized spacial score (nSPS) is 15.4. The van der Waals surface area contributed by atoms with E-state index in [1.54, 1.807) is 17.4 Å². The largest absolute Gasteiger partial charge is 0.423 e. The Labute approximate surface area is 191 Å². The van der Waals surface area contributed by atoms with Gasteiger partial charge in [0.2, 0.25) is 5.91 Å². The van der Waals surface area contributed by atoms with Crippen molar-refractivity contribution >= 4 is 39.8 Å². The maximum absolute atomic E-state index is 12.5. The van der Waals surface area contributed by atoms with Crippen LogP contribution in [0.25, 0.3) is 11.0 Å². The van der Waals surface area contributed by atoms with Crippen LogP contribution in [0.3, 0.4) is 0 Å². The molecule has 0 atom stereocenters. The van der Waals surface area contributed by atoms with Gasteiger partial charge in [0.1, 0.15) is 5.58 Å². The summed E-state index contributed by atoms with van der Waals surface area (Å²) in [5, 5.41) is 6.73. The van der Waals surface area contributed by atoms with E-state index in [1.807, 2.05) is 25.1 Å². The molecule has 0 unspecified atom stereocenters. The van der Waals surface area contributed by atoms with Crippen molar-refractivity contribution in [3.05, 3.63) is 67.2 Å². The number of fused-ring (bicyclic) bond motifs is 1. The third-order valence-corrected chi connectivity index (χ3v) is 7.27. The number of carbonyl (C=O) groups is 1. The first kappa shape index (κ1) is 22.1. The molecule has 164 valence electrons. The van der Waals surface area contributed by atoms with Gasteiger partial charge in [0.15, 0.2) is 0 Å². The van der Waals surface area contributed by atoms with Crippen molar-refractivity contribution in [2.45, 2.75) is 39.2 Å². The number of hydrogen-bond donors (Lipinski definition) is 1. The highest BCUT2D eigenvalue weighted by Gasteiger charge is 2.25. The number of nitrogens with zero attached hydrogens (tertiary/aromatic N) is 1. The number of rotatable bonds is 7. The molecule has 0 radical (unpaired) electrons. The summed E-state index contributed by atoms with van der Waals surface area (Å²) in [5.41, 5.74) is 2.14. The number of benzene rings is 1. The maximum Gasteiger partial charge on any atom is 0.336 e. The molecule has 1 amide bonds. The van der Waals surface area contributed by atoms with Gasteiger partial charge < -0.3 is 9.73 Å². The van der Waals surface area contributed by atoms with Crippen LogP contribution >= 0.6 is 22.9 Å². The van der Waals surface area contributed by atoms with Gasteiger partial charge in [-0.2, -0.15) is 0 Å². The third-order valence-electron chi connectivity index (χ3n) is 5.98. The molecule has 31 heavy (non-hydrogen) atoms. The summed E-state index contributed by atoms with van der Waals surface area (Å²) in [6.07, 6.45) is 3.32. The molecule has 7 heteroatoms. The van der Waals surface area contributed by atoms with Crippen LogP contribution in [0.1, 0.15) is 35.8 Å². The van der Waals surface area contributed by atoms with Crippen LogP contribution in [0.2, 0.25) is 5.02 Å². The van der Waals surface area contributed by atoms with Crippen molar-refractivity contribution in [2.75, 3.05) is 19.6 Å². The molecule has 3 aromatic rings. The molecule has 0 bridgehead atoms. The second-order valence-electron chi connectivity index (χ2n) is 8.05. The molecule has 1 N–H and O–H groups in total. The number of hydrogen-bond acceptors (Lipinski definition) is 5. The summed E-state index contributed by atoms with van der Waals surface area (Å²) in [6.45, 7) is 5.01. The van der Waals surface area contributed by atoms with E-state index < -0.39 is 0 Å². The molecule has 0 saturated carbocycles. The van der Waals surface area contributed by atoms with Gasteiger partial charge in [-0.25, -0.2) is 4.79 Å². The molecule has 2 aromatic heterocycles. The van der Waals surface area contributed by atoms with E-state index >= 15 is 0 Å². The minimum atomic E-state index is -0.341. The maximum atomic E-state index is 12.5. The fourth-order valence-electron chi connectivity index (χ4n) is 4.19. The van der Waals surface area contributed by atoms with E-state index in [0.717, 1.165) is 55.3 Å². The Bertz CT molecular complexity index is 1100. The fraction of sp³-hybridized carbons (Fsp3) is 0.417. The van der Waals surface area contributed by atoms with Crippen LogP contribution in [-0.4, -0.2) is 30.4 Å². The molecular formula is C24H27ClN2O3S. The van der Waals surface area contributed by atoms with Crippen molar-refractivity contribution in [3.63, 3.8) is 0 Å². The van der Waals surface area contributed by atoms with Crippen LogP contribution in [0, 0.1) is 5.92 Å². The zero-order chi connectivity index (χ0) is 21.8. The average molecular weight is 459 g/mol. The lowest BCUT2D eigenvalue weighted by atomic mass is 9.95. The highest BCUT2D eigenvalue weighted by Crippen LogP contribution is 2.28. The van der Waals surface area contributed by atoms with E-state index in [0.29, 0.717) is 23.7 Å². The first-order chi connectivity index (χ1) is 15.0. The van der Waals surface area contributed by atoms with Gasteiger partial charge in [-0.1, -0.05) is 24.6 Å². The molecule has 1 aliphatic heterocycles. The standard InChI is InChI=1S/C24H27ClN2O3S/c1-2-16-12-22-20(14-21(16)25)18(13-23(28)30-22)15-27-9-6-17(7-10-27)24(29)26-8-5-19-4-3-11-31-19/h3-4,11-14,17H,2,5-10,15H2,1H3,(H,26,29). The number of amides is 1. The summed E-state index contributed by atoms with van der Waals surface area (Å²) < 4.78 is 5.42. The van der Waals surface area contributed by atoms with Crippen LogP contribution in [0.15, 0.2) is 44.9 Å². The SMILES string of the molecule is CCc1cc2oc(=O)cc(CN3CCC(C(=O)NCCc4cccs4)CC3)c2cc1Cl. The molecule has 1 fully saturated rings. The fourth-order valence-corrected chi connectivity index (χ4v) is 5.20. The average Bonchev–Trinajstić information content (AvgIpc) is 3.28. The Kier molecular flexibility index (Phi) is 7.10. The number of halogens is 1. The number of aryl methyl sites for hydroxylation is 1. The second kappa shape index (κ2) is 9.98. The summed E-state index contributed by atoms with van der Waals surface area (Å²) in [6, 6.07) is 9.47. The molecular weight excluding hydrogens is 432 g/mol. The van der Waals surface area contributed by atoms with Gasteiger partial charge in [-0.3, -0.25) is 9.69 Å². The molecule has 0 spiro atoms. The summed E-state index contributed by atoms with van der Waals surface area (Å²) in [7, 11) is 0. The van der Waals surface area contributed by atoms with E-state index in [9.17, 15) is 9.59 Å². The summed E-state index contributed by atoms with van der Waals surface area (Å²) >= 11 is 8.13. The quantitative estimate of drug-likeness (QED) is 0.524. The van der Waals surface area contributed by atoms with Gasteiger partial charge >= 0.3 is 5.63 Å². The smallest absolute Gasteiger partial charge is 0.336 e. The van der Waals surface area contributed by atoms with Gasteiger partial charge in [0.25, 0.3) is 0 Å².